The van der Waals surface area contributed by atoms with Crippen molar-refractivity contribution in [2.24, 2.45) is 0 Å². The number of para-hydroxylation sites is 1. The third-order valence-electron chi connectivity index (χ3n) is 4.62. The van der Waals surface area contributed by atoms with Crippen LogP contribution in [-0.4, -0.2) is 40.4 Å². The Morgan fingerprint density at radius 3 is 2.52 bits per heavy atom. The molecule has 0 unspecified atom stereocenters. The molecule has 0 radical (unpaired) electrons. The minimum absolute atomic E-state index is 0.120. The lowest BCUT2D eigenvalue weighted by Crippen LogP contribution is -2.25. The van der Waals surface area contributed by atoms with Crippen LogP contribution in [0.25, 0.3) is 10.9 Å². The van der Waals surface area contributed by atoms with Gasteiger partial charge in [0, 0.05) is 11.1 Å². The molecule has 2 aromatic heterocycles. The van der Waals surface area contributed by atoms with Crippen LogP contribution in [0, 0.1) is 13.8 Å². The van der Waals surface area contributed by atoms with E-state index >= 15 is 0 Å². The molecule has 3 rings (SSSR count). The topological polar surface area (TPSA) is 98.4 Å². The van der Waals surface area contributed by atoms with E-state index in [4.69, 9.17) is 9.47 Å². The number of carbonyl (C=O) groups excluding carboxylic acids is 3. The first-order valence-corrected chi connectivity index (χ1v) is 9.30. The van der Waals surface area contributed by atoms with Gasteiger partial charge < -0.3 is 14.5 Å². The van der Waals surface area contributed by atoms with Crippen molar-refractivity contribution in [3.63, 3.8) is 0 Å². The zero-order chi connectivity index (χ0) is 21.1. The standard InChI is InChI=1S/C22H22N2O5/c1-5-28-22(27)18-12(2)19(23-13(18)3)20(25)14(4)29-21(26)17-11-10-15-8-6-7-9-16(15)24-17/h6-11,14,23H,5H2,1-4H3/t14-/m1/s1. The Kier molecular flexibility index (Phi) is 5.77. The van der Waals surface area contributed by atoms with Crippen LogP contribution in [0.3, 0.4) is 0 Å². The van der Waals surface area contributed by atoms with Gasteiger partial charge in [0.1, 0.15) is 5.69 Å². The van der Waals surface area contributed by atoms with E-state index in [1.165, 1.54) is 6.92 Å². The normalized spacial score (nSPS) is 11.9. The number of rotatable bonds is 6. The third-order valence-corrected chi connectivity index (χ3v) is 4.62. The minimum atomic E-state index is -1.05. The Bertz CT molecular complexity index is 1100. The van der Waals surface area contributed by atoms with Gasteiger partial charge in [0.2, 0.25) is 5.78 Å². The first-order valence-electron chi connectivity index (χ1n) is 9.30. The van der Waals surface area contributed by atoms with Gasteiger partial charge in [0.25, 0.3) is 0 Å². The number of hydrogen-bond donors (Lipinski definition) is 1. The Morgan fingerprint density at radius 2 is 1.79 bits per heavy atom. The predicted octanol–water partition coefficient (Wildman–Crippen LogP) is 3.78. The maximum absolute atomic E-state index is 12.8. The highest BCUT2D eigenvalue weighted by atomic mass is 16.5. The molecule has 0 amide bonds. The molecule has 3 aromatic rings. The van der Waals surface area contributed by atoms with Crippen LogP contribution in [0.4, 0.5) is 0 Å². The second-order valence-corrected chi connectivity index (χ2v) is 6.65. The van der Waals surface area contributed by atoms with Crippen molar-refractivity contribution in [3.8, 4) is 0 Å². The molecular weight excluding hydrogens is 372 g/mol. The molecule has 0 aliphatic carbocycles. The Labute approximate surface area is 168 Å². The fraction of sp³-hybridized carbons (Fsp3) is 0.273. The SMILES string of the molecule is CCOC(=O)c1c(C)[nH]c(C(=O)[C@@H](C)OC(=O)c2ccc3ccccc3n2)c1C. The summed E-state index contributed by atoms with van der Waals surface area (Å²) in [6, 6.07) is 10.7. The van der Waals surface area contributed by atoms with E-state index in [-0.39, 0.29) is 18.0 Å². The van der Waals surface area contributed by atoms with Gasteiger partial charge in [-0.2, -0.15) is 0 Å². The third kappa shape index (κ3) is 4.03. The van der Waals surface area contributed by atoms with Crippen LogP contribution in [-0.2, 0) is 9.47 Å². The number of aryl methyl sites for hydroxylation is 1. The lowest BCUT2D eigenvalue weighted by atomic mass is 10.1. The lowest BCUT2D eigenvalue weighted by molar-refractivity contribution is 0.0311. The van der Waals surface area contributed by atoms with E-state index in [9.17, 15) is 14.4 Å². The summed E-state index contributed by atoms with van der Waals surface area (Å²) < 4.78 is 10.4. The number of nitrogens with zero attached hydrogens (tertiary/aromatic N) is 1. The number of esters is 2. The van der Waals surface area contributed by atoms with Gasteiger partial charge in [0.05, 0.1) is 23.4 Å². The highest BCUT2D eigenvalue weighted by molar-refractivity contribution is 6.04. The maximum atomic E-state index is 12.8. The van der Waals surface area contributed by atoms with Gasteiger partial charge >= 0.3 is 11.9 Å². The van der Waals surface area contributed by atoms with E-state index in [1.807, 2.05) is 18.2 Å². The summed E-state index contributed by atoms with van der Waals surface area (Å²) in [6.45, 7) is 6.78. The molecule has 1 aromatic carbocycles. The van der Waals surface area contributed by atoms with E-state index in [1.54, 1.807) is 39.0 Å². The van der Waals surface area contributed by atoms with E-state index in [2.05, 4.69) is 9.97 Å². The largest absolute Gasteiger partial charge is 0.462 e. The molecule has 1 atom stereocenters. The number of fused-ring (bicyclic) bond motifs is 1. The number of hydrogen-bond acceptors (Lipinski definition) is 6. The molecule has 0 aliphatic heterocycles. The molecule has 2 heterocycles. The summed E-state index contributed by atoms with van der Waals surface area (Å²) >= 11 is 0. The number of Topliss-reactive ketones (excluding diaryl/α,β-unsaturated/α-hetero) is 1. The van der Waals surface area contributed by atoms with Crippen LogP contribution in [0.5, 0.6) is 0 Å². The predicted molar refractivity (Wildman–Crippen MR) is 107 cm³/mol. The van der Waals surface area contributed by atoms with Gasteiger partial charge in [-0.1, -0.05) is 24.3 Å². The Morgan fingerprint density at radius 1 is 1.07 bits per heavy atom. The van der Waals surface area contributed by atoms with E-state index in [0.717, 1.165) is 5.39 Å². The van der Waals surface area contributed by atoms with Crippen molar-refractivity contribution >= 4 is 28.6 Å². The molecule has 7 heteroatoms. The molecule has 0 aliphatic rings. The maximum Gasteiger partial charge on any atom is 0.357 e. The van der Waals surface area contributed by atoms with Gasteiger partial charge in [-0.25, -0.2) is 14.6 Å². The van der Waals surface area contributed by atoms with Crippen molar-refractivity contribution in [2.45, 2.75) is 33.8 Å². The number of benzene rings is 1. The van der Waals surface area contributed by atoms with Crippen LogP contribution in [0.2, 0.25) is 0 Å². The molecule has 7 nitrogen and oxygen atoms in total. The fourth-order valence-electron chi connectivity index (χ4n) is 3.16. The average Bonchev–Trinajstić information content (AvgIpc) is 3.01. The molecule has 0 bridgehead atoms. The van der Waals surface area contributed by atoms with E-state index < -0.39 is 23.8 Å². The highest BCUT2D eigenvalue weighted by Crippen LogP contribution is 2.21. The fourth-order valence-corrected chi connectivity index (χ4v) is 3.16. The average molecular weight is 394 g/mol. The van der Waals surface area contributed by atoms with E-state index in [0.29, 0.717) is 22.3 Å². The Balaban J connectivity index is 1.78. The van der Waals surface area contributed by atoms with Crippen molar-refractivity contribution in [2.75, 3.05) is 6.61 Å². The van der Waals surface area contributed by atoms with Crippen molar-refractivity contribution < 1.29 is 23.9 Å². The summed E-state index contributed by atoms with van der Waals surface area (Å²) in [5.74, 6) is -1.62. The quantitative estimate of drug-likeness (QED) is 0.505. The number of carbonyl (C=O) groups is 3. The monoisotopic (exact) mass is 394 g/mol. The molecular formula is C22H22N2O5. The number of ether oxygens (including phenoxy) is 2. The zero-order valence-corrected chi connectivity index (χ0v) is 16.7. The molecule has 1 N–H and O–H groups in total. The molecule has 29 heavy (non-hydrogen) atoms. The van der Waals surface area contributed by atoms with Gasteiger partial charge in [-0.15, -0.1) is 0 Å². The van der Waals surface area contributed by atoms with Crippen molar-refractivity contribution in [3.05, 3.63) is 64.6 Å². The van der Waals surface area contributed by atoms with Crippen LogP contribution >= 0.6 is 0 Å². The summed E-state index contributed by atoms with van der Waals surface area (Å²) in [5, 5.41) is 0.900. The highest BCUT2D eigenvalue weighted by Gasteiger charge is 2.28. The number of nitrogens with one attached hydrogen (secondary N) is 1. The zero-order valence-electron chi connectivity index (χ0n) is 16.7. The Hall–Kier alpha value is -3.48. The molecule has 0 fully saturated rings. The first-order chi connectivity index (χ1) is 13.8. The molecule has 150 valence electrons. The molecule has 0 saturated heterocycles. The smallest absolute Gasteiger partial charge is 0.357 e. The van der Waals surface area contributed by atoms with Crippen molar-refractivity contribution in [1.82, 2.24) is 9.97 Å². The second kappa shape index (κ2) is 8.26. The number of H-pyrrole nitrogens is 1. The second-order valence-electron chi connectivity index (χ2n) is 6.65. The summed E-state index contributed by atoms with van der Waals surface area (Å²) in [6.07, 6.45) is -1.05. The summed E-state index contributed by atoms with van der Waals surface area (Å²) in [7, 11) is 0. The van der Waals surface area contributed by atoms with Gasteiger partial charge in [-0.05, 0) is 45.4 Å². The van der Waals surface area contributed by atoms with Gasteiger partial charge in [0.15, 0.2) is 6.10 Å². The van der Waals surface area contributed by atoms with Crippen molar-refractivity contribution in [1.29, 1.82) is 0 Å². The molecule has 0 spiro atoms. The van der Waals surface area contributed by atoms with Gasteiger partial charge in [-0.3, -0.25) is 4.79 Å². The summed E-state index contributed by atoms with van der Waals surface area (Å²) in [5.41, 5.74) is 2.32. The van der Waals surface area contributed by atoms with Crippen LogP contribution < -0.4 is 0 Å². The lowest BCUT2D eigenvalue weighted by Gasteiger charge is -2.12. The molecule has 0 saturated carbocycles. The van der Waals surface area contributed by atoms with Crippen LogP contribution in [0.1, 0.15) is 56.4 Å². The number of pyridine rings is 1. The summed E-state index contributed by atoms with van der Waals surface area (Å²) in [4.78, 5) is 44.6. The number of ketones is 1. The number of aromatic amines is 1. The minimum Gasteiger partial charge on any atom is -0.462 e. The first kappa shape index (κ1) is 20.3. The number of aromatic nitrogens is 2. The van der Waals surface area contributed by atoms with Crippen LogP contribution in [0.15, 0.2) is 36.4 Å².